The third kappa shape index (κ3) is 2.74. The summed E-state index contributed by atoms with van der Waals surface area (Å²) in [7, 11) is 0. The van der Waals surface area contributed by atoms with E-state index in [-0.39, 0.29) is 6.10 Å². The van der Waals surface area contributed by atoms with Crippen LogP contribution >= 0.6 is 0 Å². The highest BCUT2D eigenvalue weighted by Crippen LogP contribution is 2.32. The van der Waals surface area contributed by atoms with Crippen molar-refractivity contribution in [2.24, 2.45) is 5.92 Å². The first kappa shape index (κ1) is 12.7. The second-order valence-corrected chi connectivity index (χ2v) is 5.85. The zero-order chi connectivity index (χ0) is 12.4. The molecule has 2 atom stereocenters. The van der Waals surface area contributed by atoms with Gasteiger partial charge in [-0.25, -0.2) is 0 Å². The molecule has 17 heavy (non-hydrogen) atoms. The Morgan fingerprint density at radius 3 is 2.82 bits per heavy atom. The Kier molecular flexibility index (Phi) is 3.93. The molecule has 0 radical (unpaired) electrons. The first-order valence-electron chi connectivity index (χ1n) is 6.97. The molecule has 1 aromatic rings. The molecule has 1 aliphatic carbocycles. The van der Waals surface area contributed by atoms with Gasteiger partial charge in [0.1, 0.15) is 0 Å². The van der Waals surface area contributed by atoms with E-state index in [2.05, 4.69) is 37.6 Å². The van der Waals surface area contributed by atoms with E-state index in [0.717, 1.165) is 25.2 Å². The molecule has 0 amide bonds. The molecule has 0 aliphatic heterocycles. The summed E-state index contributed by atoms with van der Waals surface area (Å²) in [6, 6.07) is 2.68. The summed E-state index contributed by atoms with van der Waals surface area (Å²) in [5.41, 5.74) is 2.55. The maximum atomic E-state index is 9.96. The average Bonchev–Trinajstić information content (AvgIpc) is 2.71. The molecule has 2 rings (SSSR count). The summed E-state index contributed by atoms with van der Waals surface area (Å²) >= 11 is 0. The van der Waals surface area contributed by atoms with Crippen LogP contribution in [0.2, 0.25) is 0 Å². The molecule has 2 unspecified atom stereocenters. The smallest absolute Gasteiger partial charge is 0.0807 e. The number of rotatable bonds is 4. The van der Waals surface area contributed by atoms with Gasteiger partial charge in [0.2, 0.25) is 0 Å². The molecule has 96 valence electrons. The maximum absolute atomic E-state index is 9.96. The lowest BCUT2D eigenvalue weighted by atomic mass is 9.95. The van der Waals surface area contributed by atoms with Crippen LogP contribution in [0, 0.1) is 5.92 Å². The van der Waals surface area contributed by atoms with Crippen LogP contribution < -0.4 is 0 Å². The topological polar surface area (TPSA) is 25.2 Å². The van der Waals surface area contributed by atoms with Crippen molar-refractivity contribution < 1.29 is 5.11 Å². The minimum atomic E-state index is -0.225. The number of aromatic nitrogens is 1. The van der Waals surface area contributed by atoms with E-state index in [9.17, 15) is 5.11 Å². The number of hydrogen-bond donors (Lipinski definition) is 1. The number of fused-ring (bicyclic) bond motifs is 1. The Morgan fingerprint density at radius 2 is 2.12 bits per heavy atom. The predicted octanol–water partition coefficient (Wildman–Crippen LogP) is 3.86. The van der Waals surface area contributed by atoms with E-state index >= 15 is 0 Å². The number of nitrogens with zero attached hydrogens (tertiary/aromatic N) is 1. The van der Waals surface area contributed by atoms with Crippen LogP contribution in [0.1, 0.15) is 69.9 Å². The molecule has 2 heteroatoms. The SMILES string of the molecule is CC(C)CCC(C)n1ccc2c1CCCC2O. The molecule has 0 saturated heterocycles. The van der Waals surface area contributed by atoms with Crippen molar-refractivity contribution >= 4 is 0 Å². The highest BCUT2D eigenvalue weighted by Gasteiger charge is 2.22. The Bertz CT molecular complexity index is 367. The zero-order valence-electron chi connectivity index (χ0n) is 11.3. The Morgan fingerprint density at radius 1 is 1.35 bits per heavy atom. The van der Waals surface area contributed by atoms with Gasteiger partial charge in [0, 0.05) is 23.5 Å². The molecule has 0 spiro atoms. The predicted molar refractivity (Wildman–Crippen MR) is 71.1 cm³/mol. The average molecular weight is 235 g/mol. The monoisotopic (exact) mass is 235 g/mol. The Balaban J connectivity index is 2.11. The molecule has 0 bridgehead atoms. The maximum Gasteiger partial charge on any atom is 0.0807 e. The quantitative estimate of drug-likeness (QED) is 0.842. The zero-order valence-corrected chi connectivity index (χ0v) is 11.3. The highest BCUT2D eigenvalue weighted by molar-refractivity contribution is 5.27. The molecule has 2 nitrogen and oxygen atoms in total. The minimum absolute atomic E-state index is 0.225. The van der Waals surface area contributed by atoms with Crippen molar-refractivity contribution in [3.63, 3.8) is 0 Å². The minimum Gasteiger partial charge on any atom is -0.388 e. The van der Waals surface area contributed by atoms with Gasteiger partial charge in [0.05, 0.1) is 6.10 Å². The van der Waals surface area contributed by atoms with Gasteiger partial charge in [0.25, 0.3) is 0 Å². The number of aliphatic hydroxyl groups excluding tert-OH is 1. The van der Waals surface area contributed by atoms with Gasteiger partial charge in [-0.05, 0) is 51.0 Å². The van der Waals surface area contributed by atoms with Crippen LogP contribution in [0.25, 0.3) is 0 Å². The Labute approximate surface area is 105 Å². The standard InChI is InChI=1S/C15H25NO/c1-11(2)7-8-12(3)16-10-9-13-14(16)5-4-6-15(13)17/h9-12,15,17H,4-8H2,1-3H3. The number of aliphatic hydroxyl groups is 1. The molecule has 0 fully saturated rings. The third-order valence-electron chi connectivity index (χ3n) is 3.95. The summed E-state index contributed by atoms with van der Waals surface area (Å²) in [5.74, 6) is 0.773. The van der Waals surface area contributed by atoms with Crippen LogP contribution in [-0.2, 0) is 6.42 Å². The fourth-order valence-electron chi connectivity index (χ4n) is 2.82. The summed E-state index contributed by atoms with van der Waals surface area (Å²) in [6.45, 7) is 6.85. The summed E-state index contributed by atoms with van der Waals surface area (Å²) in [4.78, 5) is 0. The highest BCUT2D eigenvalue weighted by atomic mass is 16.3. The van der Waals surface area contributed by atoms with Gasteiger partial charge in [-0.3, -0.25) is 0 Å². The lowest BCUT2D eigenvalue weighted by Gasteiger charge is -2.23. The lowest BCUT2D eigenvalue weighted by molar-refractivity contribution is 0.155. The van der Waals surface area contributed by atoms with Crippen molar-refractivity contribution in [2.45, 2.75) is 65.0 Å². The van der Waals surface area contributed by atoms with Gasteiger partial charge in [-0.15, -0.1) is 0 Å². The largest absolute Gasteiger partial charge is 0.388 e. The molecule has 1 heterocycles. The van der Waals surface area contributed by atoms with Crippen molar-refractivity contribution in [1.29, 1.82) is 0 Å². The van der Waals surface area contributed by atoms with E-state index < -0.39 is 0 Å². The fraction of sp³-hybridized carbons (Fsp3) is 0.733. The van der Waals surface area contributed by atoms with Crippen molar-refractivity contribution in [1.82, 2.24) is 4.57 Å². The summed E-state index contributed by atoms with van der Waals surface area (Å²) < 4.78 is 2.39. The van der Waals surface area contributed by atoms with Crippen LogP contribution in [0.5, 0.6) is 0 Å². The van der Waals surface area contributed by atoms with Gasteiger partial charge in [-0.2, -0.15) is 0 Å². The normalized spacial score (nSPS) is 21.6. The van der Waals surface area contributed by atoms with Gasteiger partial charge in [0.15, 0.2) is 0 Å². The second-order valence-electron chi connectivity index (χ2n) is 5.85. The van der Waals surface area contributed by atoms with Gasteiger partial charge >= 0.3 is 0 Å². The van der Waals surface area contributed by atoms with E-state index in [1.807, 2.05) is 0 Å². The number of hydrogen-bond acceptors (Lipinski definition) is 1. The molecule has 0 saturated carbocycles. The van der Waals surface area contributed by atoms with Crippen LogP contribution in [0.3, 0.4) is 0 Å². The van der Waals surface area contributed by atoms with Crippen molar-refractivity contribution in [3.8, 4) is 0 Å². The summed E-state index contributed by atoms with van der Waals surface area (Å²) in [5, 5.41) is 9.96. The van der Waals surface area contributed by atoms with E-state index in [1.54, 1.807) is 0 Å². The fourth-order valence-corrected chi connectivity index (χ4v) is 2.82. The van der Waals surface area contributed by atoms with Crippen LogP contribution in [-0.4, -0.2) is 9.67 Å². The van der Waals surface area contributed by atoms with E-state index in [1.165, 1.54) is 24.1 Å². The molecule has 0 aromatic carbocycles. The lowest BCUT2D eigenvalue weighted by Crippen LogP contribution is -2.14. The molecule has 1 aliphatic rings. The first-order valence-corrected chi connectivity index (χ1v) is 6.97. The molecular weight excluding hydrogens is 210 g/mol. The third-order valence-corrected chi connectivity index (χ3v) is 3.95. The summed E-state index contributed by atoms with van der Waals surface area (Å²) in [6.07, 6.45) is 7.63. The molecular formula is C15H25NO. The van der Waals surface area contributed by atoms with E-state index in [0.29, 0.717) is 6.04 Å². The van der Waals surface area contributed by atoms with Crippen LogP contribution in [0.15, 0.2) is 12.3 Å². The van der Waals surface area contributed by atoms with Crippen LogP contribution in [0.4, 0.5) is 0 Å². The first-order chi connectivity index (χ1) is 8.09. The van der Waals surface area contributed by atoms with Gasteiger partial charge in [-0.1, -0.05) is 13.8 Å². The molecule has 1 N–H and O–H groups in total. The van der Waals surface area contributed by atoms with E-state index in [4.69, 9.17) is 0 Å². The van der Waals surface area contributed by atoms with Crippen molar-refractivity contribution in [3.05, 3.63) is 23.5 Å². The molecule has 1 aromatic heterocycles. The van der Waals surface area contributed by atoms with Gasteiger partial charge < -0.3 is 9.67 Å². The Hall–Kier alpha value is -0.760. The second kappa shape index (κ2) is 5.26. The van der Waals surface area contributed by atoms with Crippen molar-refractivity contribution in [2.75, 3.05) is 0 Å².